The number of benzene rings is 1. The molecule has 2 rings (SSSR count). The van der Waals surface area contributed by atoms with Crippen LogP contribution in [0.25, 0.3) is 0 Å². The molecular weight excluding hydrogens is 269 g/mol. The second-order valence-corrected chi connectivity index (χ2v) is 5.47. The zero-order valence-corrected chi connectivity index (χ0v) is 11.7. The van der Waals surface area contributed by atoms with Crippen molar-refractivity contribution in [1.29, 1.82) is 0 Å². The van der Waals surface area contributed by atoms with Crippen LogP contribution in [0.1, 0.15) is 22.9 Å². The third-order valence-corrected chi connectivity index (χ3v) is 4.16. The fraction of sp³-hybridized carbons (Fsp3) is 0.286. The van der Waals surface area contributed by atoms with Crippen molar-refractivity contribution in [3.63, 3.8) is 0 Å². The molecule has 1 N–H and O–H groups in total. The predicted molar refractivity (Wildman–Crippen MR) is 75.7 cm³/mol. The van der Waals surface area contributed by atoms with Gasteiger partial charge in [0.15, 0.2) is 0 Å². The number of hydrogen-bond acceptors (Lipinski definition) is 2. The molecule has 0 spiro atoms. The van der Waals surface area contributed by atoms with Crippen LogP contribution in [0.4, 0.5) is 4.39 Å². The first-order valence-electron chi connectivity index (χ1n) is 5.90. The van der Waals surface area contributed by atoms with Crippen LogP contribution < -0.4 is 5.32 Å². The lowest BCUT2D eigenvalue weighted by molar-refractivity contribution is 0.620. The van der Waals surface area contributed by atoms with Crippen molar-refractivity contribution in [3.05, 3.63) is 56.5 Å². The molecule has 1 nitrogen and oxygen atoms in total. The average molecular weight is 284 g/mol. The van der Waals surface area contributed by atoms with Crippen molar-refractivity contribution in [3.8, 4) is 0 Å². The summed E-state index contributed by atoms with van der Waals surface area (Å²) < 4.78 is 13.1. The SMILES string of the molecule is CCc1ccsc1CNCc1cc(F)ccc1Cl. The molecule has 0 aliphatic rings. The molecule has 0 saturated heterocycles. The predicted octanol–water partition coefficient (Wildman–Crippen LogP) is 4.39. The van der Waals surface area contributed by atoms with Crippen molar-refractivity contribution < 1.29 is 4.39 Å². The normalized spacial score (nSPS) is 10.8. The highest BCUT2D eigenvalue weighted by Gasteiger charge is 2.04. The van der Waals surface area contributed by atoms with Crippen molar-refractivity contribution in [1.82, 2.24) is 5.32 Å². The van der Waals surface area contributed by atoms with Crippen molar-refractivity contribution >= 4 is 22.9 Å². The van der Waals surface area contributed by atoms with E-state index in [1.54, 1.807) is 17.4 Å². The quantitative estimate of drug-likeness (QED) is 0.858. The number of halogens is 2. The third kappa shape index (κ3) is 3.31. The van der Waals surface area contributed by atoms with Gasteiger partial charge in [-0.2, -0.15) is 0 Å². The van der Waals surface area contributed by atoms with E-state index in [9.17, 15) is 4.39 Å². The minimum atomic E-state index is -0.249. The molecule has 4 heteroatoms. The number of rotatable bonds is 5. The highest BCUT2D eigenvalue weighted by molar-refractivity contribution is 7.10. The van der Waals surface area contributed by atoms with E-state index in [2.05, 4.69) is 23.7 Å². The summed E-state index contributed by atoms with van der Waals surface area (Å²) in [6.07, 6.45) is 1.04. The molecule has 0 aliphatic heterocycles. The maximum Gasteiger partial charge on any atom is 0.123 e. The van der Waals surface area contributed by atoms with E-state index in [0.29, 0.717) is 11.6 Å². The van der Waals surface area contributed by atoms with Crippen LogP contribution in [0.3, 0.4) is 0 Å². The Morgan fingerprint density at radius 3 is 2.83 bits per heavy atom. The average Bonchev–Trinajstić information content (AvgIpc) is 2.81. The van der Waals surface area contributed by atoms with Crippen molar-refractivity contribution in [2.45, 2.75) is 26.4 Å². The van der Waals surface area contributed by atoms with Gasteiger partial charge in [0.25, 0.3) is 0 Å². The van der Waals surface area contributed by atoms with Crippen LogP contribution >= 0.6 is 22.9 Å². The fourth-order valence-corrected chi connectivity index (χ4v) is 2.96. The lowest BCUT2D eigenvalue weighted by atomic mass is 10.2. The van der Waals surface area contributed by atoms with E-state index in [1.165, 1.54) is 22.6 Å². The summed E-state index contributed by atoms with van der Waals surface area (Å²) in [5.41, 5.74) is 2.17. The molecule has 1 aromatic carbocycles. The Bertz CT molecular complexity index is 524. The first kappa shape index (κ1) is 13.5. The Morgan fingerprint density at radius 1 is 1.22 bits per heavy atom. The van der Waals surface area contributed by atoms with E-state index in [0.717, 1.165) is 18.5 Å². The van der Waals surface area contributed by atoms with Crippen LogP contribution in [0.2, 0.25) is 5.02 Å². The summed E-state index contributed by atoms with van der Waals surface area (Å²) in [5.74, 6) is -0.249. The van der Waals surface area contributed by atoms with Gasteiger partial charge in [0.05, 0.1) is 0 Å². The monoisotopic (exact) mass is 283 g/mol. The van der Waals surface area contributed by atoms with Gasteiger partial charge < -0.3 is 5.32 Å². The van der Waals surface area contributed by atoms with Crippen LogP contribution in [-0.4, -0.2) is 0 Å². The molecule has 96 valence electrons. The molecule has 0 bridgehead atoms. The summed E-state index contributed by atoms with van der Waals surface area (Å²) in [6, 6.07) is 6.60. The Hall–Kier alpha value is -0.900. The van der Waals surface area contributed by atoms with Gasteiger partial charge in [0.2, 0.25) is 0 Å². The minimum absolute atomic E-state index is 0.249. The standard InChI is InChI=1S/C14H15ClFNS/c1-2-10-5-6-18-14(10)9-17-8-11-7-12(16)3-4-13(11)15/h3-7,17H,2,8-9H2,1H3. The van der Waals surface area contributed by atoms with Gasteiger partial charge in [-0.3, -0.25) is 0 Å². The highest BCUT2D eigenvalue weighted by Crippen LogP contribution is 2.19. The zero-order chi connectivity index (χ0) is 13.0. The lowest BCUT2D eigenvalue weighted by Gasteiger charge is -2.07. The Kier molecular flexibility index (Phi) is 4.75. The number of thiophene rings is 1. The Morgan fingerprint density at radius 2 is 2.06 bits per heavy atom. The van der Waals surface area contributed by atoms with Crippen LogP contribution in [0, 0.1) is 5.82 Å². The molecule has 0 saturated carbocycles. The van der Waals surface area contributed by atoms with Crippen molar-refractivity contribution in [2.24, 2.45) is 0 Å². The molecule has 0 fully saturated rings. The first-order valence-corrected chi connectivity index (χ1v) is 7.16. The maximum atomic E-state index is 13.1. The molecule has 1 aromatic heterocycles. The van der Waals surface area contributed by atoms with Gasteiger partial charge in [-0.1, -0.05) is 18.5 Å². The number of aryl methyl sites for hydroxylation is 1. The zero-order valence-electron chi connectivity index (χ0n) is 10.2. The van der Waals surface area contributed by atoms with Gasteiger partial charge in [-0.25, -0.2) is 4.39 Å². The Balaban J connectivity index is 1.94. The summed E-state index contributed by atoms with van der Waals surface area (Å²) in [4.78, 5) is 1.34. The third-order valence-electron chi connectivity index (χ3n) is 2.83. The van der Waals surface area contributed by atoms with Gasteiger partial charge in [-0.15, -0.1) is 11.3 Å². The van der Waals surface area contributed by atoms with Crippen LogP contribution in [0.15, 0.2) is 29.6 Å². The topological polar surface area (TPSA) is 12.0 Å². The van der Waals surface area contributed by atoms with Gasteiger partial charge >= 0.3 is 0 Å². The van der Waals surface area contributed by atoms with Gasteiger partial charge in [0, 0.05) is 23.0 Å². The molecule has 0 aliphatic carbocycles. The second kappa shape index (κ2) is 6.32. The molecule has 2 aromatic rings. The van der Waals surface area contributed by atoms with E-state index < -0.39 is 0 Å². The number of hydrogen-bond donors (Lipinski definition) is 1. The Labute approximate surface area is 116 Å². The molecule has 0 unspecified atom stereocenters. The largest absolute Gasteiger partial charge is 0.308 e. The molecular formula is C14H15ClFNS. The number of nitrogens with one attached hydrogen (secondary N) is 1. The van der Waals surface area contributed by atoms with Crippen LogP contribution in [0.5, 0.6) is 0 Å². The summed E-state index contributed by atoms with van der Waals surface area (Å²) in [6.45, 7) is 3.53. The molecule has 0 radical (unpaired) electrons. The van der Waals surface area contributed by atoms with Crippen LogP contribution in [-0.2, 0) is 19.5 Å². The fourth-order valence-electron chi connectivity index (χ4n) is 1.83. The molecule has 0 amide bonds. The molecule has 1 heterocycles. The molecule has 0 atom stereocenters. The molecule has 18 heavy (non-hydrogen) atoms. The van der Waals surface area contributed by atoms with E-state index in [4.69, 9.17) is 11.6 Å². The summed E-state index contributed by atoms with van der Waals surface area (Å²) >= 11 is 7.76. The second-order valence-electron chi connectivity index (χ2n) is 4.06. The summed E-state index contributed by atoms with van der Waals surface area (Å²) in [5, 5.41) is 6.01. The minimum Gasteiger partial charge on any atom is -0.308 e. The summed E-state index contributed by atoms with van der Waals surface area (Å²) in [7, 11) is 0. The highest BCUT2D eigenvalue weighted by atomic mass is 35.5. The van der Waals surface area contributed by atoms with Crippen molar-refractivity contribution in [2.75, 3.05) is 0 Å². The van der Waals surface area contributed by atoms with E-state index in [-0.39, 0.29) is 5.82 Å². The van der Waals surface area contributed by atoms with E-state index >= 15 is 0 Å². The maximum absolute atomic E-state index is 13.1. The van der Waals surface area contributed by atoms with E-state index in [1.807, 2.05) is 0 Å². The lowest BCUT2D eigenvalue weighted by Crippen LogP contribution is -2.13. The smallest absolute Gasteiger partial charge is 0.123 e. The first-order chi connectivity index (χ1) is 8.70. The van der Waals surface area contributed by atoms with Gasteiger partial charge in [-0.05, 0) is 47.2 Å². The van der Waals surface area contributed by atoms with Gasteiger partial charge in [0.1, 0.15) is 5.82 Å².